The molecule has 124 valence electrons. The van der Waals surface area contributed by atoms with E-state index < -0.39 is 0 Å². The zero-order valence-corrected chi connectivity index (χ0v) is 16.6. The Morgan fingerprint density at radius 1 is 1.33 bits per heavy atom. The third-order valence-corrected chi connectivity index (χ3v) is 6.04. The van der Waals surface area contributed by atoms with E-state index in [4.69, 9.17) is 0 Å². The highest BCUT2D eigenvalue weighted by atomic mass is 127. The first-order chi connectivity index (χ1) is 11.6. The van der Waals surface area contributed by atoms with Crippen LogP contribution in [0.3, 0.4) is 0 Å². The van der Waals surface area contributed by atoms with Gasteiger partial charge in [0.1, 0.15) is 5.82 Å². The average molecular weight is 472 g/mol. The molecule has 0 saturated heterocycles. The number of carbonyl (C=O) groups excluding carboxylic acids is 1. The maximum atomic E-state index is 13.5. The third-order valence-electron chi connectivity index (χ3n) is 3.47. The standard InChI is InChI=1S/C17H14FIN2OS2/c1-23-9-8-21-14-7-6-11(18)10-15(14)24-17(21)20-16(22)12-4-2-3-5-13(12)19/h2-7,10H,8-9H2,1H3. The normalized spacial score (nSPS) is 12.0. The highest BCUT2D eigenvalue weighted by molar-refractivity contribution is 14.1. The van der Waals surface area contributed by atoms with Gasteiger partial charge in [-0.05, 0) is 59.2 Å². The van der Waals surface area contributed by atoms with Crippen molar-refractivity contribution in [1.82, 2.24) is 4.57 Å². The number of thioether (sulfide) groups is 1. The summed E-state index contributed by atoms with van der Waals surface area (Å²) in [6.07, 6.45) is 2.03. The largest absolute Gasteiger partial charge is 0.316 e. The molecule has 0 fully saturated rings. The van der Waals surface area contributed by atoms with Crippen LogP contribution in [0.1, 0.15) is 10.4 Å². The Morgan fingerprint density at radius 2 is 2.12 bits per heavy atom. The van der Waals surface area contributed by atoms with Gasteiger partial charge in [-0.25, -0.2) is 4.39 Å². The lowest BCUT2D eigenvalue weighted by Gasteiger charge is -2.04. The molecule has 24 heavy (non-hydrogen) atoms. The Hall–Kier alpha value is -1.19. The van der Waals surface area contributed by atoms with E-state index in [2.05, 4.69) is 27.6 Å². The minimum absolute atomic E-state index is 0.273. The molecular weight excluding hydrogens is 458 g/mol. The van der Waals surface area contributed by atoms with E-state index >= 15 is 0 Å². The molecule has 0 aliphatic heterocycles. The van der Waals surface area contributed by atoms with Gasteiger partial charge in [-0.2, -0.15) is 16.8 Å². The van der Waals surface area contributed by atoms with Crippen molar-refractivity contribution < 1.29 is 9.18 Å². The lowest BCUT2D eigenvalue weighted by molar-refractivity contribution is 0.0997. The van der Waals surface area contributed by atoms with Crippen LogP contribution in [0, 0.1) is 9.39 Å². The van der Waals surface area contributed by atoms with E-state index in [0.29, 0.717) is 10.4 Å². The van der Waals surface area contributed by atoms with Crippen molar-refractivity contribution in [3.8, 4) is 0 Å². The SMILES string of the molecule is CSCCn1c(=NC(=O)c2ccccc2I)sc2cc(F)ccc21. The maximum absolute atomic E-state index is 13.5. The van der Waals surface area contributed by atoms with E-state index in [0.717, 1.165) is 26.1 Å². The number of aryl methyl sites for hydroxylation is 1. The van der Waals surface area contributed by atoms with Crippen LogP contribution in [0.4, 0.5) is 4.39 Å². The predicted octanol–water partition coefficient (Wildman–Crippen LogP) is 4.55. The van der Waals surface area contributed by atoms with Gasteiger partial charge in [-0.15, -0.1) is 0 Å². The summed E-state index contributed by atoms with van der Waals surface area (Å²) in [5.74, 6) is 0.342. The number of nitrogens with zero attached hydrogens (tertiary/aromatic N) is 2. The van der Waals surface area contributed by atoms with E-state index in [9.17, 15) is 9.18 Å². The minimum atomic E-state index is -0.281. The Balaban J connectivity index is 2.13. The number of aromatic nitrogens is 1. The monoisotopic (exact) mass is 472 g/mol. The summed E-state index contributed by atoms with van der Waals surface area (Å²) in [5.41, 5.74) is 1.49. The molecule has 0 atom stereocenters. The smallest absolute Gasteiger partial charge is 0.280 e. The van der Waals surface area contributed by atoms with Gasteiger partial charge in [0.15, 0.2) is 4.80 Å². The first kappa shape index (κ1) is 17.6. The van der Waals surface area contributed by atoms with Crippen molar-refractivity contribution in [2.75, 3.05) is 12.0 Å². The Bertz CT molecular complexity index is 965. The molecule has 0 unspecified atom stereocenters. The topological polar surface area (TPSA) is 34.4 Å². The molecular formula is C17H14FIN2OS2. The van der Waals surface area contributed by atoms with Crippen LogP contribution in [0.25, 0.3) is 10.2 Å². The summed E-state index contributed by atoms with van der Waals surface area (Å²) in [4.78, 5) is 17.5. The summed E-state index contributed by atoms with van der Waals surface area (Å²) >= 11 is 5.19. The molecule has 3 aromatic rings. The van der Waals surface area contributed by atoms with Crippen molar-refractivity contribution in [3.05, 3.63) is 62.2 Å². The fraction of sp³-hybridized carbons (Fsp3) is 0.176. The highest BCUT2D eigenvalue weighted by Crippen LogP contribution is 2.19. The van der Waals surface area contributed by atoms with Crippen molar-refractivity contribution in [2.24, 2.45) is 4.99 Å². The van der Waals surface area contributed by atoms with Crippen molar-refractivity contribution >= 4 is 61.8 Å². The molecule has 2 aromatic carbocycles. The van der Waals surface area contributed by atoms with Crippen LogP contribution in [-0.4, -0.2) is 22.5 Å². The summed E-state index contributed by atoms with van der Waals surface area (Å²) < 4.78 is 17.2. The predicted molar refractivity (Wildman–Crippen MR) is 107 cm³/mol. The molecule has 0 spiro atoms. The molecule has 0 bridgehead atoms. The van der Waals surface area contributed by atoms with Gasteiger partial charge in [0.2, 0.25) is 0 Å². The summed E-state index contributed by atoms with van der Waals surface area (Å²) in [6.45, 7) is 0.727. The average Bonchev–Trinajstić information content (AvgIpc) is 2.89. The Kier molecular flexibility index (Phi) is 5.72. The number of carbonyl (C=O) groups is 1. The van der Waals surface area contributed by atoms with Crippen molar-refractivity contribution in [3.63, 3.8) is 0 Å². The zero-order valence-electron chi connectivity index (χ0n) is 12.8. The van der Waals surface area contributed by atoms with Crippen molar-refractivity contribution in [2.45, 2.75) is 6.54 Å². The maximum Gasteiger partial charge on any atom is 0.280 e. The van der Waals surface area contributed by atoms with Crippen LogP contribution in [0.15, 0.2) is 47.5 Å². The van der Waals surface area contributed by atoms with Gasteiger partial charge in [-0.3, -0.25) is 4.79 Å². The molecule has 0 radical (unpaired) electrons. The number of fused-ring (bicyclic) bond motifs is 1. The molecule has 3 rings (SSSR count). The second-order valence-electron chi connectivity index (χ2n) is 5.04. The van der Waals surface area contributed by atoms with Gasteiger partial charge < -0.3 is 4.57 Å². The van der Waals surface area contributed by atoms with Crippen LogP contribution in [0.2, 0.25) is 0 Å². The van der Waals surface area contributed by atoms with Crippen LogP contribution in [0.5, 0.6) is 0 Å². The quantitative estimate of drug-likeness (QED) is 0.523. The molecule has 3 nitrogen and oxygen atoms in total. The molecule has 7 heteroatoms. The molecule has 0 aliphatic rings. The number of thiazole rings is 1. The minimum Gasteiger partial charge on any atom is -0.316 e. The van der Waals surface area contributed by atoms with E-state index in [1.54, 1.807) is 23.9 Å². The van der Waals surface area contributed by atoms with E-state index in [1.165, 1.54) is 23.5 Å². The second kappa shape index (κ2) is 7.79. The Labute approximate surface area is 160 Å². The molecule has 0 saturated carbocycles. The molecule has 0 N–H and O–H groups in total. The summed E-state index contributed by atoms with van der Waals surface area (Å²) in [5, 5.41) is 0. The lowest BCUT2D eigenvalue weighted by Crippen LogP contribution is -2.18. The van der Waals surface area contributed by atoms with Gasteiger partial charge >= 0.3 is 0 Å². The number of benzene rings is 2. The fourth-order valence-electron chi connectivity index (χ4n) is 2.31. The second-order valence-corrected chi connectivity index (χ2v) is 8.19. The number of hydrogen-bond acceptors (Lipinski definition) is 3. The van der Waals surface area contributed by atoms with E-state index in [-0.39, 0.29) is 11.7 Å². The van der Waals surface area contributed by atoms with Crippen LogP contribution >= 0.6 is 45.7 Å². The van der Waals surface area contributed by atoms with Crippen molar-refractivity contribution in [1.29, 1.82) is 0 Å². The lowest BCUT2D eigenvalue weighted by atomic mass is 10.2. The third kappa shape index (κ3) is 3.73. The van der Waals surface area contributed by atoms with Crippen LogP contribution < -0.4 is 4.80 Å². The van der Waals surface area contributed by atoms with Gasteiger partial charge in [0.25, 0.3) is 5.91 Å². The van der Waals surface area contributed by atoms with Gasteiger partial charge in [0.05, 0.1) is 15.8 Å². The van der Waals surface area contributed by atoms with Crippen LogP contribution in [-0.2, 0) is 6.54 Å². The number of amides is 1. The summed E-state index contributed by atoms with van der Waals surface area (Å²) in [6, 6.07) is 12.0. The first-order valence-corrected chi connectivity index (χ1v) is 10.5. The highest BCUT2D eigenvalue weighted by Gasteiger charge is 2.11. The number of rotatable bonds is 4. The zero-order chi connectivity index (χ0) is 17.1. The molecule has 0 aliphatic carbocycles. The molecule has 1 heterocycles. The first-order valence-electron chi connectivity index (χ1n) is 7.21. The molecule has 1 aromatic heterocycles. The number of halogens is 2. The number of hydrogen-bond donors (Lipinski definition) is 0. The van der Waals surface area contributed by atoms with Gasteiger partial charge in [0, 0.05) is 15.9 Å². The summed E-state index contributed by atoms with van der Waals surface area (Å²) in [7, 11) is 0. The molecule has 1 amide bonds. The van der Waals surface area contributed by atoms with E-state index in [1.807, 2.05) is 29.0 Å². The Morgan fingerprint density at radius 3 is 2.88 bits per heavy atom. The van der Waals surface area contributed by atoms with Gasteiger partial charge in [-0.1, -0.05) is 23.5 Å². The fourth-order valence-corrected chi connectivity index (χ4v) is 4.38.